The summed E-state index contributed by atoms with van der Waals surface area (Å²) in [7, 11) is 0. The Morgan fingerprint density at radius 2 is 1.79 bits per heavy atom. The molecule has 0 unspecified atom stereocenters. The van der Waals surface area contributed by atoms with Crippen LogP contribution in [0, 0.1) is 5.92 Å². The summed E-state index contributed by atoms with van der Waals surface area (Å²) in [5.41, 5.74) is 7.88. The van der Waals surface area contributed by atoms with Crippen molar-refractivity contribution in [1.82, 2.24) is 9.80 Å². The predicted octanol–water partition coefficient (Wildman–Crippen LogP) is 2.70. The molecule has 106 valence electrons. The van der Waals surface area contributed by atoms with Crippen LogP contribution in [0.25, 0.3) is 0 Å². The van der Waals surface area contributed by atoms with Crippen molar-refractivity contribution in [3.8, 4) is 0 Å². The topological polar surface area (TPSA) is 32.5 Å². The first-order valence-corrected chi connectivity index (χ1v) is 7.41. The molecule has 3 nitrogen and oxygen atoms in total. The Balaban J connectivity index is 1.89. The first-order valence-electron chi connectivity index (χ1n) is 7.04. The second kappa shape index (κ2) is 6.60. The zero-order valence-electron chi connectivity index (χ0n) is 11.9. The van der Waals surface area contributed by atoms with Gasteiger partial charge in [0.25, 0.3) is 0 Å². The lowest BCUT2D eigenvalue weighted by atomic mass is 10.1. The Morgan fingerprint density at radius 3 is 2.37 bits per heavy atom. The minimum absolute atomic E-state index is 0.741. The summed E-state index contributed by atoms with van der Waals surface area (Å²) < 4.78 is 0. The van der Waals surface area contributed by atoms with Crippen LogP contribution < -0.4 is 5.73 Å². The largest absolute Gasteiger partial charge is 0.398 e. The van der Waals surface area contributed by atoms with Gasteiger partial charge in [0, 0.05) is 55.5 Å². The van der Waals surface area contributed by atoms with E-state index in [9.17, 15) is 0 Å². The molecular formula is C15H24ClN3. The van der Waals surface area contributed by atoms with Crippen molar-refractivity contribution in [3.63, 3.8) is 0 Å². The van der Waals surface area contributed by atoms with Crippen LogP contribution in [0.15, 0.2) is 18.2 Å². The van der Waals surface area contributed by atoms with Gasteiger partial charge < -0.3 is 10.6 Å². The average molecular weight is 282 g/mol. The lowest BCUT2D eigenvalue weighted by molar-refractivity contribution is 0.117. The Morgan fingerprint density at radius 1 is 1.16 bits per heavy atom. The van der Waals surface area contributed by atoms with Gasteiger partial charge in [-0.05, 0) is 18.1 Å². The predicted molar refractivity (Wildman–Crippen MR) is 82.4 cm³/mol. The minimum atomic E-state index is 0.741. The standard InChI is InChI=1S/C15H24ClN3/c1-12(2)10-18-6-8-19(9-7-18)11-13-14(16)4-3-5-15(13)17/h3-5,12H,6-11,17H2,1-2H3. The number of hydrogen-bond acceptors (Lipinski definition) is 3. The highest BCUT2D eigenvalue weighted by atomic mass is 35.5. The highest BCUT2D eigenvalue weighted by Gasteiger charge is 2.18. The van der Waals surface area contributed by atoms with E-state index in [0.29, 0.717) is 0 Å². The van der Waals surface area contributed by atoms with Crippen molar-refractivity contribution in [2.45, 2.75) is 20.4 Å². The normalized spacial score (nSPS) is 18.1. The maximum atomic E-state index is 6.23. The van der Waals surface area contributed by atoms with Crippen LogP contribution in [0.2, 0.25) is 5.02 Å². The summed E-state index contributed by atoms with van der Waals surface area (Å²) in [6.45, 7) is 11.1. The van der Waals surface area contributed by atoms with Crippen molar-refractivity contribution in [3.05, 3.63) is 28.8 Å². The molecule has 0 amide bonds. The molecule has 1 aliphatic heterocycles. The molecule has 1 aliphatic rings. The molecule has 0 atom stereocenters. The quantitative estimate of drug-likeness (QED) is 0.862. The van der Waals surface area contributed by atoms with E-state index in [1.54, 1.807) is 0 Å². The summed E-state index contributed by atoms with van der Waals surface area (Å²) in [5, 5.41) is 0.782. The molecule has 1 aromatic rings. The summed E-state index contributed by atoms with van der Waals surface area (Å²) in [4.78, 5) is 4.98. The third kappa shape index (κ3) is 4.10. The number of piperazine rings is 1. The molecule has 0 radical (unpaired) electrons. The molecule has 0 spiro atoms. The lowest BCUT2D eigenvalue weighted by Crippen LogP contribution is -2.46. The number of hydrogen-bond donors (Lipinski definition) is 1. The van der Waals surface area contributed by atoms with Gasteiger partial charge in [-0.2, -0.15) is 0 Å². The van der Waals surface area contributed by atoms with Crippen LogP contribution >= 0.6 is 11.6 Å². The number of benzene rings is 1. The molecule has 1 fully saturated rings. The van der Waals surface area contributed by atoms with Gasteiger partial charge in [-0.15, -0.1) is 0 Å². The summed E-state index contributed by atoms with van der Waals surface area (Å²) in [6, 6.07) is 5.75. The number of nitrogens with two attached hydrogens (primary N) is 1. The van der Waals surface area contributed by atoms with Gasteiger partial charge in [0.05, 0.1) is 0 Å². The van der Waals surface area contributed by atoms with Gasteiger partial charge in [-0.25, -0.2) is 0 Å². The SMILES string of the molecule is CC(C)CN1CCN(Cc2c(N)cccc2Cl)CC1. The number of rotatable bonds is 4. The first kappa shape index (κ1) is 14.6. The highest BCUT2D eigenvalue weighted by molar-refractivity contribution is 6.31. The smallest absolute Gasteiger partial charge is 0.0471 e. The van der Waals surface area contributed by atoms with Crippen LogP contribution in [-0.2, 0) is 6.54 Å². The van der Waals surface area contributed by atoms with E-state index in [-0.39, 0.29) is 0 Å². The van der Waals surface area contributed by atoms with Crippen LogP contribution in [0.3, 0.4) is 0 Å². The Bertz CT molecular complexity index is 392. The van der Waals surface area contributed by atoms with E-state index in [2.05, 4.69) is 23.6 Å². The van der Waals surface area contributed by atoms with Gasteiger partial charge in [0.1, 0.15) is 0 Å². The van der Waals surface area contributed by atoms with Crippen molar-refractivity contribution in [2.75, 3.05) is 38.5 Å². The minimum Gasteiger partial charge on any atom is -0.398 e. The van der Waals surface area contributed by atoms with Crippen molar-refractivity contribution in [2.24, 2.45) is 5.92 Å². The molecule has 2 N–H and O–H groups in total. The van der Waals surface area contributed by atoms with E-state index in [1.165, 1.54) is 6.54 Å². The molecule has 1 saturated heterocycles. The van der Waals surface area contributed by atoms with Crippen molar-refractivity contribution < 1.29 is 0 Å². The van der Waals surface area contributed by atoms with Crippen LogP contribution in [0.5, 0.6) is 0 Å². The molecule has 0 saturated carbocycles. The van der Waals surface area contributed by atoms with Crippen LogP contribution in [-0.4, -0.2) is 42.5 Å². The lowest BCUT2D eigenvalue weighted by Gasteiger charge is -2.35. The van der Waals surface area contributed by atoms with Gasteiger partial charge in [-0.3, -0.25) is 4.90 Å². The zero-order chi connectivity index (χ0) is 13.8. The second-order valence-corrected chi connectivity index (χ2v) is 6.19. The van der Waals surface area contributed by atoms with E-state index < -0.39 is 0 Å². The molecule has 1 aromatic carbocycles. The third-order valence-corrected chi connectivity index (χ3v) is 3.98. The van der Waals surface area contributed by atoms with Crippen LogP contribution in [0.4, 0.5) is 5.69 Å². The van der Waals surface area contributed by atoms with E-state index in [1.807, 2.05) is 18.2 Å². The first-order chi connectivity index (χ1) is 9.06. The maximum Gasteiger partial charge on any atom is 0.0471 e. The Labute approximate surface area is 121 Å². The van der Waals surface area contributed by atoms with Gasteiger partial charge in [0.15, 0.2) is 0 Å². The fourth-order valence-corrected chi connectivity index (χ4v) is 2.85. The highest BCUT2D eigenvalue weighted by Crippen LogP contribution is 2.24. The van der Waals surface area contributed by atoms with Gasteiger partial charge >= 0.3 is 0 Å². The molecule has 2 rings (SSSR count). The van der Waals surface area contributed by atoms with Gasteiger partial charge in [0.2, 0.25) is 0 Å². The molecule has 1 heterocycles. The van der Waals surface area contributed by atoms with E-state index in [0.717, 1.165) is 54.9 Å². The zero-order valence-corrected chi connectivity index (χ0v) is 12.7. The fourth-order valence-electron chi connectivity index (χ4n) is 2.61. The Hall–Kier alpha value is -0.770. The number of halogens is 1. The molecular weight excluding hydrogens is 258 g/mol. The molecule has 0 aliphatic carbocycles. The average Bonchev–Trinajstić information content (AvgIpc) is 2.35. The van der Waals surface area contributed by atoms with E-state index >= 15 is 0 Å². The maximum absolute atomic E-state index is 6.23. The summed E-state index contributed by atoms with van der Waals surface area (Å²) in [5.74, 6) is 0.741. The van der Waals surface area contributed by atoms with E-state index in [4.69, 9.17) is 17.3 Å². The number of nitrogen functional groups attached to an aromatic ring is 1. The Kier molecular flexibility index (Phi) is 5.08. The van der Waals surface area contributed by atoms with Crippen LogP contribution in [0.1, 0.15) is 19.4 Å². The molecule has 19 heavy (non-hydrogen) atoms. The monoisotopic (exact) mass is 281 g/mol. The molecule has 4 heteroatoms. The number of nitrogens with zero attached hydrogens (tertiary/aromatic N) is 2. The summed E-state index contributed by atoms with van der Waals surface area (Å²) in [6.07, 6.45) is 0. The third-order valence-electron chi connectivity index (χ3n) is 3.63. The van der Waals surface area contributed by atoms with Gasteiger partial charge in [-0.1, -0.05) is 31.5 Å². The summed E-state index contributed by atoms with van der Waals surface area (Å²) >= 11 is 6.23. The second-order valence-electron chi connectivity index (χ2n) is 5.78. The molecule has 0 aromatic heterocycles. The van der Waals surface area contributed by atoms with Crippen molar-refractivity contribution in [1.29, 1.82) is 0 Å². The molecule has 0 bridgehead atoms. The number of anilines is 1. The fraction of sp³-hybridized carbons (Fsp3) is 0.600. The van der Waals surface area contributed by atoms with Crippen molar-refractivity contribution >= 4 is 17.3 Å².